The number of hydrogen-bond donors (Lipinski definition) is 2. The Balaban J connectivity index is 1.63. The fourth-order valence-corrected chi connectivity index (χ4v) is 3.19. The van der Waals surface area contributed by atoms with Crippen molar-refractivity contribution < 1.29 is 13.2 Å². The molecule has 0 saturated carbocycles. The van der Waals surface area contributed by atoms with Gasteiger partial charge < -0.3 is 11.1 Å². The van der Waals surface area contributed by atoms with E-state index in [1.165, 1.54) is 4.90 Å². The fraction of sp³-hybridized carbons (Fsp3) is 0.500. The molecule has 1 aromatic carbocycles. The minimum absolute atomic E-state index is 0.109. The quantitative estimate of drug-likeness (QED) is 0.777. The number of alkyl halides is 3. The highest BCUT2D eigenvalue weighted by molar-refractivity contribution is 5.58. The van der Waals surface area contributed by atoms with E-state index in [4.69, 9.17) is 5.73 Å². The van der Waals surface area contributed by atoms with E-state index in [0.717, 1.165) is 17.7 Å². The molecule has 28 heavy (non-hydrogen) atoms. The number of nitrogens with zero attached hydrogens (tertiary/aromatic N) is 5. The lowest BCUT2D eigenvalue weighted by molar-refractivity contribution is -0.149. The lowest BCUT2D eigenvalue weighted by Gasteiger charge is -2.34. The summed E-state index contributed by atoms with van der Waals surface area (Å²) in [5.74, 6) is 0.963. The number of piperazine rings is 1. The largest absolute Gasteiger partial charge is 0.401 e. The van der Waals surface area contributed by atoms with Crippen molar-refractivity contribution in [1.29, 1.82) is 0 Å². The monoisotopic (exact) mass is 395 g/mol. The van der Waals surface area contributed by atoms with Gasteiger partial charge in [0.05, 0.1) is 13.1 Å². The third-order valence-corrected chi connectivity index (χ3v) is 4.58. The van der Waals surface area contributed by atoms with E-state index in [9.17, 15) is 13.2 Å². The topological polar surface area (TPSA) is 83.2 Å². The van der Waals surface area contributed by atoms with Crippen molar-refractivity contribution in [3.63, 3.8) is 0 Å². The van der Waals surface area contributed by atoms with E-state index >= 15 is 0 Å². The highest BCUT2D eigenvalue weighted by Crippen LogP contribution is 2.20. The summed E-state index contributed by atoms with van der Waals surface area (Å²) in [6, 6.07) is 7.86. The maximum atomic E-state index is 12.5. The van der Waals surface area contributed by atoms with Crippen LogP contribution in [-0.4, -0.2) is 63.7 Å². The Kier molecular flexibility index (Phi) is 6.30. The molecule has 1 aliphatic heterocycles. The minimum Gasteiger partial charge on any atom is -0.368 e. The molecule has 3 rings (SSSR count). The molecule has 0 radical (unpaired) electrons. The maximum absolute atomic E-state index is 12.5. The summed E-state index contributed by atoms with van der Waals surface area (Å²) >= 11 is 0. The van der Waals surface area contributed by atoms with Crippen LogP contribution < -0.4 is 11.1 Å². The molecule has 1 aromatic heterocycles. The number of anilines is 3. The Labute approximate surface area is 161 Å². The predicted molar refractivity (Wildman–Crippen MR) is 101 cm³/mol. The number of para-hydroxylation sites is 1. The Hall–Kier alpha value is -2.46. The molecule has 0 unspecified atom stereocenters. The van der Waals surface area contributed by atoms with Gasteiger partial charge in [-0.25, -0.2) is 0 Å². The smallest absolute Gasteiger partial charge is 0.368 e. The van der Waals surface area contributed by atoms with Crippen molar-refractivity contribution in [3.05, 3.63) is 35.7 Å². The van der Waals surface area contributed by atoms with Gasteiger partial charge in [0.25, 0.3) is 0 Å². The van der Waals surface area contributed by atoms with Gasteiger partial charge in [0.15, 0.2) is 0 Å². The lowest BCUT2D eigenvalue weighted by Crippen LogP contribution is -2.48. The SMILES string of the molecule is CCc1ccccc1Nc1nc(N)nc(CN2CCN(CC(F)(F)F)CC2)n1. The number of aromatic nitrogens is 3. The number of aryl methyl sites for hydroxylation is 1. The Morgan fingerprint density at radius 2 is 1.71 bits per heavy atom. The first kappa shape index (κ1) is 20.3. The molecule has 1 saturated heterocycles. The molecule has 2 aromatic rings. The van der Waals surface area contributed by atoms with Crippen LogP contribution in [0.25, 0.3) is 0 Å². The van der Waals surface area contributed by atoms with Gasteiger partial charge in [-0.1, -0.05) is 25.1 Å². The summed E-state index contributed by atoms with van der Waals surface area (Å²) in [6.07, 6.45) is -3.31. The molecule has 0 atom stereocenters. The number of nitrogens with one attached hydrogen (secondary N) is 1. The van der Waals surface area contributed by atoms with Gasteiger partial charge in [0, 0.05) is 31.9 Å². The maximum Gasteiger partial charge on any atom is 0.401 e. The standard InChI is InChI=1S/C18H24F3N7/c1-2-13-5-3-4-6-14(13)23-17-25-15(24-16(22)26-17)11-27-7-9-28(10-8-27)12-18(19,20)21/h3-6H,2,7-12H2,1H3,(H3,22,23,24,25,26). The van der Waals surface area contributed by atoms with Gasteiger partial charge in [-0.3, -0.25) is 9.80 Å². The van der Waals surface area contributed by atoms with Gasteiger partial charge in [0.2, 0.25) is 11.9 Å². The highest BCUT2D eigenvalue weighted by Gasteiger charge is 2.32. The van der Waals surface area contributed by atoms with E-state index in [0.29, 0.717) is 44.5 Å². The summed E-state index contributed by atoms with van der Waals surface area (Å²) in [5.41, 5.74) is 7.86. The Bertz CT molecular complexity index is 789. The molecule has 10 heteroatoms. The van der Waals surface area contributed by atoms with Crippen LogP contribution in [0, 0.1) is 0 Å². The van der Waals surface area contributed by atoms with Gasteiger partial charge in [-0.15, -0.1) is 0 Å². The van der Waals surface area contributed by atoms with E-state index in [1.807, 2.05) is 29.2 Å². The Morgan fingerprint density at radius 1 is 1.04 bits per heavy atom. The molecule has 0 aliphatic carbocycles. The average Bonchev–Trinajstić information content (AvgIpc) is 2.62. The van der Waals surface area contributed by atoms with Crippen molar-refractivity contribution in [1.82, 2.24) is 24.8 Å². The second kappa shape index (κ2) is 8.70. The van der Waals surface area contributed by atoms with E-state index in [1.54, 1.807) is 0 Å². The van der Waals surface area contributed by atoms with Gasteiger partial charge in [-0.05, 0) is 18.1 Å². The van der Waals surface area contributed by atoms with Crippen LogP contribution in [-0.2, 0) is 13.0 Å². The second-order valence-corrected chi connectivity index (χ2v) is 6.74. The molecule has 0 spiro atoms. The zero-order valence-electron chi connectivity index (χ0n) is 15.7. The normalized spacial score (nSPS) is 16.3. The van der Waals surface area contributed by atoms with Crippen molar-refractivity contribution in [2.45, 2.75) is 26.1 Å². The molecule has 1 aliphatic rings. The minimum atomic E-state index is -4.17. The Morgan fingerprint density at radius 3 is 2.39 bits per heavy atom. The van der Waals surface area contributed by atoms with Gasteiger partial charge >= 0.3 is 6.18 Å². The number of nitrogens with two attached hydrogens (primary N) is 1. The van der Waals surface area contributed by atoms with E-state index < -0.39 is 12.7 Å². The molecule has 7 nitrogen and oxygen atoms in total. The summed E-state index contributed by atoms with van der Waals surface area (Å²) < 4.78 is 37.5. The van der Waals surface area contributed by atoms with Gasteiger partial charge in [-0.2, -0.15) is 28.1 Å². The highest BCUT2D eigenvalue weighted by atomic mass is 19.4. The number of benzene rings is 1. The molecule has 152 valence electrons. The third-order valence-electron chi connectivity index (χ3n) is 4.58. The number of nitrogen functional groups attached to an aromatic ring is 1. The molecule has 3 N–H and O–H groups in total. The van der Waals surface area contributed by atoms with Crippen molar-refractivity contribution in [2.75, 3.05) is 43.8 Å². The molecule has 0 amide bonds. The number of halogens is 3. The summed E-state index contributed by atoms with van der Waals surface area (Å²) in [4.78, 5) is 16.2. The van der Waals surface area contributed by atoms with Crippen molar-refractivity contribution in [2.24, 2.45) is 0 Å². The van der Waals surface area contributed by atoms with Crippen LogP contribution in [0.1, 0.15) is 18.3 Å². The van der Waals surface area contributed by atoms with Crippen molar-refractivity contribution in [3.8, 4) is 0 Å². The zero-order valence-corrected chi connectivity index (χ0v) is 15.7. The first-order valence-electron chi connectivity index (χ1n) is 9.19. The first-order chi connectivity index (χ1) is 13.3. The molecule has 2 heterocycles. The van der Waals surface area contributed by atoms with Crippen LogP contribution in [0.15, 0.2) is 24.3 Å². The van der Waals surface area contributed by atoms with Crippen LogP contribution in [0.4, 0.5) is 30.8 Å². The molecular formula is C18H24F3N7. The lowest BCUT2D eigenvalue weighted by atomic mass is 10.1. The summed E-state index contributed by atoms with van der Waals surface area (Å²) in [5, 5.41) is 3.18. The fourth-order valence-electron chi connectivity index (χ4n) is 3.19. The third kappa shape index (κ3) is 5.77. The molecule has 0 bridgehead atoms. The van der Waals surface area contributed by atoms with Crippen LogP contribution in [0.3, 0.4) is 0 Å². The number of rotatable bonds is 6. The van der Waals surface area contributed by atoms with Crippen molar-refractivity contribution >= 4 is 17.6 Å². The van der Waals surface area contributed by atoms with Crippen LogP contribution in [0.2, 0.25) is 0 Å². The second-order valence-electron chi connectivity index (χ2n) is 6.74. The first-order valence-corrected chi connectivity index (χ1v) is 9.19. The zero-order chi connectivity index (χ0) is 20.1. The average molecular weight is 395 g/mol. The van der Waals surface area contributed by atoms with Crippen LogP contribution >= 0.6 is 0 Å². The predicted octanol–water partition coefficient (Wildman–Crippen LogP) is 2.44. The van der Waals surface area contributed by atoms with E-state index in [2.05, 4.69) is 27.2 Å². The molecular weight excluding hydrogens is 371 g/mol. The molecule has 1 fully saturated rings. The summed E-state index contributed by atoms with van der Waals surface area (Å²) in [7, 11) is 0. The van der Waals surface area contributed by atoms with E-state index in [-0.39, 0.29) is 5.95 Å². The summed E-state index contributed by atoms with van der Waals surface area (Å²) in [6.45, 7) is 3.35. The van der Waals surface area contributed by atoms with Gasteiger partial charge in [0.1, 0.15) is 5.82 Å². The number of hydrogen-bond acceptors (Lipinski definition) is 7. The van der Waals surface area contributed by atoms with Crippen LogP contribution in [0.5, 0.6) is 0 Å².